The van der Waals surface area contributed by atoms with Crippen molar-refractivity contribution in [1.82, 2.24) is 14.8 Å². The van der Waals surface area contributed by atoms with Crippen LogP contribution in [0.4, 0.5) is 0 Å². The summed E-state index contributed by atoms with van der Waals surface area (Å²) in [6, 6.07) is 10.1. The first kappa shape index (κ1) is 8.73. The summed E-state index contributed by atoms with van der Waals surface area (Å²) >= 11 is 1.61. The van der Waals surface area contributed by atoms with Crippen LogP contribution in [0.25, 0.3) is 11.4 Å². The van der Waals surface area contributed by atoms with E-state index in [1.165, 1.54) is 0 Å². The van der Waals surface area contributed by atoms with Gasteiger partial charge in [0.15, 0.2) is 11.0 Å². The fourth-order valence-corrected chi connectivity index (χ4v) is 2.18. The molecule has 3 nitrogen and oxygen atoms in total. The normalized spacial score (nSPS) is 13.9. The SMILES string of the molecule is C1=CSc2nc(-c3ccccc3)nn2C1. The van der Waals surface area contributed by atoms with Gasteiger partial charge >= 0.3 is 0 Å². The molecule has 0 N–H and O–H groups in total. The lowest BCUT2D eigenvalue weighted by atomic mass is 10.2. The molecule has 0 unspecified atom stereocenters. The number of fused-ring (bicyclic) bond motifs is 1. The molecule has 15 heavy (non-hydrogen) atoms. The predicted molar refractivity (Wildman–Crippen MR) is 60.5 cm³/mol. The van der Waals surface area contributed by atoms with Crippen LogP contribution in [-0.4, -0.2) is 14.8 Å². The summed E-state index contributed by atoms with van der Waals surface area (Å²) in [4.78, 5) is 4.48. The van der Waals surface area contributed by atoms with E-state index in [2.05, 4.69) is 21.6 Å². The average Bonchev–Trinajstić information content (AvgIpc) is 2.74. The van der Waals surface area contributed by atoms with Crippen LogP contribution < -0.4 is 0 Å². The van der Waals surface area contributed by atoms with Crippen molar-refractivity contribution < 1.29 is 0 Å². The summed E-state index contributed by atoms with van der Waals surface area (Å²) in [5.74, 6) is 0.807. The molecule has 1 aromatic heterocycles. The monoisotopic (exact) mass is 215 g/mol. The van der Waals surface area contributed by atoms with E-state index < -0.39 is 0 Å². The molecular weight excluding hydrogens is 206 g/mol. The molecule has 3 rings (SSSR count). The summed E-state index contributed by atoms with van der Waals surface area (Å²) in [5, 5.41) is 7.48. The highest BCUT2D eigenvalue weighted by molar-refractivity contribution is 8.02. The zero-order chi connectivity index (χ0) is 10.1. The molecule has 0 fully saturated rings. The van der Waals surface area contributed by atoms with Gasteiger partial charge in [-0.15, -0.1) is 5.10 Å². The molecular formula is C11H9N3S. The first-order valence-corrected chi connectivity index (χ1v) is 5.63. The lowest BCUT2D eigenvalue weighted by Crippen LogP contribution is -2.01. The molecule has 2 aromatic rings. The molecule has 0 saturated heterocycles. The molecule has 0 amide bonds. The minimum atomic E-state index is 0.807. The Morgan fingerprint density at radius 2 is 2.07 bits per heavy atom. The topological polar surface area (TPSA) is 30.7 Å². The van der Waals surface area contributed by atoms with Gasteiger partial charge < -0.3 is 0 Å². The van der Waals surface area contributed by atoms with E-state index in [1.807, 2.05) is 35.0 Å². The molecule has 74 valence electrons. The maximum Gasteiger partial charge on any atom is 0.191 e. The Hall–Kier alpha value is -1.55. The molecule has 0 saturated carbocycles. The molecule has 0 radical (unpaired) electrons. The van der Waals surface area contributed by atoms with Gasteiger partial charge in [0.05, 0.1) is 6.54 Å². The number of nitrogens with zero attached hydrogens (tertiary/aromatic N) is 3. The van der Waals surface area contributed by atoms with Crippen LogP contribution in [0.3, 0.4) is 0 Å². The van der Waals surface area contributed by atoms with Gasteiger partial charge in [0.2, 0.25) is 0 Å². The minimum absolute atomic E-state index is 0.807. The Labute approximate surface area is 91.8 Å². The number of aromatic nitrogens is 3. The Morgan fingerprint density at radius 3 is 2.87 bits per heavy atom. The molecule has 0 spiro atoms. The molecule has 0 aliphatic carbocycles. The van der Waals surface area contributed by atoms with Crippen LogP contribution in [0.2, 0.25) is 0 Å². The van der Waals surface area contributed by atoms with Crippen LogP contribution in [0.5, 0.6) is 0 Å². The van der Waals surface area contributed by atoms with Crippen molar-refractivity contribution in [1.29, 1.82) is 0 Å². The third-order valence-electron chi connectivity index (χ3n) is 2.22. The fraction of sp³-hybridized carbons (Fsp3) is 0.0909. The minimum Gasteiger partial charge on any atom is -0.236 e. The first-order valence-electron chi connectivity index (χ1n) is 4.75. The van der Waals surface area contributed by atoms with E-state index in [-0.39, 0.29) is 0 Å². The van der Waals surface area contributed by atoms with Crippen LogP contribution in [0, 0.1) is 0 Å². The zero-order valence-electron chi connectivity index (χ0n) is 8.00. The highest BCUT2D eigenvalue weighted by atomic mass is 32.2. The second-order valence-corrected chi connectivity index (χ2v) is 4.13. The van der Waals surface area contributed by atoms with Gasteiger partial charge in [-0.1, -0.05) is 48.2 Å². The Bertz CT molecular complexity index is 476. The first-order chi connectivity index (χ1) is 7.43. The third kappa shape index (κ3) is 1.57. The third-order valence-corrected chi connectivity index (χ3v) is 3.06. The van der Waals surface area contributed by atoms with Crippen molar-refractivity contribution >= 4 is 11.8 Å². The van der Waals surface area contributed by atoms with Crippen molar-refractivity contribution in [3.8, 4) is 11.4 Å². The molecule has 4 heteroatoms. The summed E-state index contributed by atoms with van der Waals surface area (Å²) in [7, 11) is 0. The number of hydrogen-bond donors (Lipinski definition) is 0. The van der Waals surface area contributed by atoms with Crippen molar-refractivity contribution in [2.75, 3.05) is 0 Å². The van der Waals surface area contributed by atoms with Gasteiger partial charge in [-0.25, -0.2) is 9.67 Å². The predicted octanol–water partition coefficient (Wildman–Crippen LogP) is 2.56. The average molecular weight is 215 g/mol. The number of rotatable bonds is 1. The standard InChI is InChI=1S/C11H9N3S/c1-2-5-9(6-3-1)10-12-11-14(13-10)7-4-8-15-11/h1-6,8H,7H2. The molecule has 1 aliphatic rings. The molecule has 2 heterocycles. The number of thioether (sulfide) groups is 1. The van der Waals surface area contributed by atoms with Gasteiger partial charge in [0, 0.05) is 5.56 Å². The maximum atomic E-state index is 4.48. The molecule has 1 aromatic carbocycles. The summed E-state index contributed by atoms with van der Waals surface area (Å²) < 4.78 is 1.92. The van der Waals surface area contributed by atoms with Gasteiger partial charge in [0.1, 0.15) is 0 Å². The lowest BCUT2D eigenvalue weighted by Gasteiger charge is -2.02. The van der Waals surface area contributed by atoms with Crippen molar-refractivity contribution in [3.05, 3.63) is 41.8 Å². The van der Waals surface area contributed by atoms with Crippen LogP contribution in [0.15, 0.2) is 47.0 Å². The van der Waals surface area contributed by atoms with Gasteiger partial charge in [-0.3, -0.25) is 0 Å². The Kier molecular flexibility index (Phi) is 2.07. The molecule has 0 atom stereocenters. The van der Waals surface area contributed by atoms with Crippen molar-refractivity contribution in [2.45, 2.75) is 11.7 Å². The van der Waals surface area contributed by atoms with E-state index in [0.29, 0.717) is 0 Å². The van der Waals surface area contributed by atoms with Crippen molar-refractivity contribution in [2.24, 2.45) is 0 Å². The van der Waals surface area contributed by atoms with E-state index in [0.717, 1.165) is 23.1 Å². The Morgan fingerprint density at radius 1 is 1.20 bits per heavy atom. The summed E-state index contributed by atoms with van der Waals surface area (Å²) in [6.07, 6.45) is 2.08. The van der Waals surface area contributed by atoms with Gasteiger partial charge in [-0.05, 0) is 5.41 Å². The number of allylic oxidation sites excluding steroid dienone is 1. The van der Waals surface area contributed by atoms with E-state index >= 15 is 0 Å². The van der Waals surface area contributed by atoms with Crippen LogP contribution in [-0.2, 0) is 6.54 Å². The smallest absolute Gasteiger partial charge is 0.191 e. The number of hydrogen-bond acceptors (Lipinski definition) is 3. The van der Waals surface area contributed by atoms with Gasteiger partial charge in [0.25, 0.3) is 0 Å². The lowest BCUT2D eigenvalue weighted by molar-refractivity contribution is 0.628. The highest BCUT2D eigenvalue weighted by Crippen LogP contribution is 2.24. The van der Waals surface area contributed by atoms with E-state index in [9.17, 15) is 0 Å². The largest absolute Gasteiger partial charge is 0.236 e. The quantitative estimate of drug-likeness (QED) is 0.732. The van der Waals surface area contributed by atoms with Crippen molar-refractivity contribution in [3.63, 3.8) is 0 Å². The zero-order valence-corrected chi connectivity index (χ0v) is 8.81. The Balaban J connectivity index is 2.04. The molecule has 0 bridgehead atoms. The summed E-state index contributed by atoms with van der Waals surface area (Å²) in [6.45, 7) is 0.822. The second-order valence-electron chi connectivity index (χ2n) is 3.26. The van der Waals surface area contributed by atoms with E-state index in [4.69, 9.17) is 0 Å². The number of benzene rings is 1. The molecule has 1 aliphatic heterocycles. The van der Waals surface area contributed by atoms with E-state index in [1.54, 1.807) is 11.8 Å². The highest BCUT2D eigenvalue weighted by Gasteiger charge is 2.12. The maximum absolute atomic E-state index is 4.48. The van der Waals surface area contributed by atoms with Crippen LogP contribution >= 0.6 is 11.8 Å². The van der Waals surface area contributed by atoms with Gasteiger partial charge in [-0.2, -0.15) is 0 Å². The second kappa shape index (κ2) is 3.55. The summed E-state index contributed by atoms with van der Waals surface area (Å²) in [5.41, 5.74) is 1.07. The van der Waals surface area contributed by atoms with Crippen LogP contribution in [0.1, 0.15) is 0 Å². The fourth-order valence-electron chi connectivity index (χ4n) is 1.50.